The van der Waals surface area contributed by atoms with Crippen molar-refractivity contribution in [3.63, 3.8) is 0 Å². The molecule has 0 aliphatic heterocycles. The van der Waals surface area contributed by atoms with Gasteiger partial charge in [0.1, 0.15) is 11.4 Å². The highest BCUT2D eigenvalue weighted by Crippen LogP contribution is 2.20. The predicted molar refractivity (Wildman–Crippen MR) is 104 cm³/mol. The van der Waals surface area contributed by atoms with Gasteiger partial charge in [-0.3, -0.25) is 0 Å². The summed E-state index contributed by atoms with van der Waals surface area (Å²) in [5, 5.41) is 0. The summed E-state index contributed by atoms with van der Waals surface area (Å²) in [5.41, 5.74) is 1.20. The molecule has 0 bridgehead atoms. The second-order valence-electron chi connectivity index (χ2n) is 6.62. The molecule has 0 aliphatic carbocycles. The number of hydrogen-bond acceptors (Lipinski definition) is 5. The van der Waals surface area contributed by atoms with Crippen LogP contribution in [0.5, 0.6) is 5.75 Å². The lowest BCUT2D eigenvalue weighted by Gasteiger charge is -2.24. The summed E-state index contributed by atoms with van der Waals surface area (Å²) in [4.78, 5) is 0. The fraction of sp³-hybridized carbons (Fsp3) is 0.667. The Kier molecular flexibility index (Phi) is 9.37. The molecule has 0 atom stereocenters. The van der Waals surface area contributed by atoms with Gasteiger partial charge >= 0.3 is 8.80 Å². The van der Waals surface area contributed by atoms with Gasteiger partial charge in [-0.25, -0.2) is 0 Å². The molecule has 0 heterocycles. The Morgan fingerprint density at radius 2 is 1.50 bits per heavy atom. The van der Waals surface area contributed by atoms with Crippen molar-refractivity contribution in [2.45, 2.75) is 45.3 Å². The van der Waals surface area contributed by atoms with E-state index in [4.69, 9.17) is 18.0 Å². The van der Waals surface area contributed by atoms with E-state index < -0.39 is 8.80 Å². The summed E-state index contributed by atoms with van der Waals surface area (Å²) >= 11 is 1.96. The molecular weight excluding hydrogens is 340 g/mol. The average molecular weight is 373 g/mol. The number of hydrogen-bond donors (Lipinski definition) is 0. The van der Waals surface area contributed by atoms with Crippen LogP contribution in [0.25, 0.3) is 0 Å². The van der Waals surface area contributed by atoms with Crippen LogP contribution < -0.4 is 4.74 Å². The summed E-state index contributed by atoms with van der Waals surface area (Å²) in [7, 11) is 2.60. The first-order chi connectivity index (χ1) is 11.3. The minimum absolute atomic E-state index is 0.150. The van der Waals surface area contributed by atoms with Gasteiger partial charge in [-0.05, 0) is 62.8 Å². The van der Waals surface area contributed by atoms with Gasteiger partial charge in [0.25, 0.3) is 0 Å². The molecule has 0 spiro atoms. The largest absolute Gasteiger partial charge is 0.500 e. The van der Waals surface area contributed by atoms with E-state index in [1.54, 1.807) is 21.3 Å². The lowest BCUT2D eigenvalue weighted by atomic mass is 10.1. The van der Waals surface area contributed by atoms with Crippen LogP contribution in [0.1, 0.15) is 32.8 Å². The van der Waals surface area contributed by atoms with E-state index in [2.05, 4.69) is 45.0 Å². The van der Waals surface area contributed by atoms with Crippen molar-refractivity contribution >= 4 is 20.6 Å². The van der Waals surface area contributed by atoms with Crippen molar-refractivity contribution < 1.29 is 18.0 Å². The Hall–Kier alpha value is -0.533. The van der Waals surface area contributed by atoms with Crippen LogP contribution in [0.3, 0.4) is 0 Å². The summed E-state index contributed by atoms with van der Waals surface area (Å²) < 4.78 is 22.1. The summed E-state index contributed by atoms with van der Waals surface area (Å²) in [5.74, 6) is 3.13. The van der Waals surface area contributed by atoms with Gasteiger partial charge in [0.05, 0.1) is 0 Å². The maximum Gasteiger partial charge on any atom is 0.500 e. The molecule has 0 amide bonds. The standard InChI is InChI=1S/C18H32O4SSi/c1-18(2,3)22-17-10-8-16(9-11-17)12-14-23-13-7-15-24(19-4,20-5)21-6/h8-11H,7,12-15H2,1-6H3. The average Bonchev–Trinajstić information content (AvgIpc) is 2.55. The number of thioether (sulfide) groups is 1. The first kappa shape index (κ1) is 21.5. The fourth-order valence-corrected chi connectivity index (χ4v) is 5.23. The molecule has 0 unspecified atom stereocenters. The maximum atomic E-state index is 5.84. The molecule has 1 aromatic rings. The van der Waals surface area contributed by atoms with Crippen molar-refractivity contribution in [3.8, 4) is 5.75 Å². The minimum atomic E-state index is -2.39. The van der Waals surface area contributed by atoms with E-state index in [0.717, 1.165) is 36.1 Å². The quantitative estimate of drug-likeness (QED) is 0.425. The Balaban J connectivity index is 2.24. The van der Waals surface area contributed by atoms with Crippen molar-refractivity contribution in [3.05, 3.63) is 29.8 Å². The zero-order chi connectivity index (χ0) is 18.1. The van der Waals surface area contributed by atoms with Gasteiger partial charge in [0.2, 0.25) is 0 Å². The molecule has 4 nitrogen and oxygen atoms in total. The van der Waals surface area contributed by atoms with E-state index in [1.165, 1.54) is 5.56 Å². The summed E-state index contributed by atoms with van der Waals surface area (Å²) in [6.07, 6.45) is 2.12. The molecule has 6 heteroatoms. The molecule has 0 saturated heterocycles. The van der Waals surface area contributed by atoms with Crippen molar-refractivity contribution in [2.24, 2.45) is 0 Å². The minimum Gasteiger partial charge on any atom is -0.488 e. The van der Waals surface area contributed by atoms with Crippen molar-refractivity contribution in [1.29, 1.82) is 0 Å². The lowest BCUT2D eigenvalue weighted by molar-refractivity contribution is 0.123. The zero-order valence-corrected chi connectivity index (χ0v) is 17.7. The summed E-state index contributed by atoms with van der Waals surface area (Å²) in [6, 6.07) is 9.28. The van der Waals surface area contributed by atoms with Crippen LogP contribution in [-0.4, -0.2) is 47.2 Å². The third-order valence-corrected chi connectivity index (χ3v) is 7.49. The smallest absolute Gasteiger partial charge is 0.488 e. The molecule has 0 aliphatic rings. The molecule has 24 heavy (non-hydrogen) atoms. The van der Waals surface area contributed by atoms with Gasteiger partial charge in [0.15, 0.2) is 0 Å². The van der Waals surface area contributed by atoms with E-state index in [0.29, 0.717) is 0 Å². The second kappa shape index (κ2) is 10.5. The van der Waals surface area contributed by atoms with Crippen LogP contribution in [0, 0.1) is 0 Å². The van der Waals surface area contributed by atoms with Gasteiger partial charge in [0, 0.05) is 27.4 Å². The van der Waals surface area contributed by atoms with E-state index in [-0.39, 0.29) is 5.60 Å². The Morgan fingerprint density at radius 3 is 2.00 bits per heavy atom. The van der Waals surface area contributed by atoms with Crippen LogP contribution >= 0.6 is 11.8 Å². The van der Waals surface area contributed by atoms with Crippen LogP contribution in [0.2, 0.25) is 6.04 Å². The van der Waals surface area contributed by atoms with Crippen LogP contribution in [-0.2, 0) is 19.7 Å². The first-order valence-electron chi connectivity index (χ1n) is 8.35. The Morgan fingerprint density at radius 1 is 0.917 bits per heavy atom. The topological polar surface area (TPSA) is 36.9 Å². The third kappa shape index (κ3) is 8.03. The molecule has 138 valence electrons. The van der Waals surface area contributed by atoms with E-state index >= 15 is 0 Å². The molecule has 0 fully saturated rings. The molecular formula is C18H32O4SSi. The Bertz CT molecular complexity index is 447. The number of aryl methyl sites for hydroxylation is 1. The van der Waals surface area contributed by atoms with Crippen molar-refractivity contribution in [1.82, 2.24) is 0 Å². The summed E-state index contributed by atoms with van der Waals surface area (Å²) in [6.45, 7) is 6.18. The first-order valence-corrected chi connectivity index (χ1v) is 11.4. The zero-order valence-electron chi connectivity index (χ0n) is 15.9. The highest BCUT2D eigenvalue weighted by atomic mass is 32.2. The van der Waals surface area contributed by atoms with Gasteiger partial charge in [-0.15, -0.1) is 0 Å². The molecule has 1 rings (SSSR count). The van der Waals surface area contributed by atoms with Gasteiger partial charge in [-0.1, -0.05) is 12.1 Å². The molecule has 0 N–H and O–H groups in total. The van der Waals surface area contributed by atoms with Gasteiger partial charge in [-0.2, -0.15) is 11.8 Å². The monoisotopic (exact) mass is 372 g/mol. The Labute approximate surface area is 152 Å². The number of benzene rings is 1. The molecule has 1 aromatic carbocycles. The van der Waals surface area contributed by atoms with Crippen LogP contribution in [0.15, 0.2) is 24.3 Å². The van der Waals surface area contributed by atoms with Gasteiger partial charge < -0.3 is 18.0 Å². The molecule has 0 aromatic heterocycles. The lowest BCUT2D eigenvalue weighted by Crippen LogP contribution is -2.42. The van der Waals surface area contributed by atoms with Crippen LogP contribution in [0.4, 0.5) is 0 Å². The highest BCUT2D eigenvalue weighted by molar-refractivity contribution is 7.99. The normalized spacial score (nSPS) is 12.4. The third-order valence-electron chi connectivity index (χ3n) is 3.59. The second-order valence-corrected chi connectivity index (χ2v) is 10.9. The van der Waals surface area contributed by atoms with E-state index in [9.17, 15) is 0 Å². The highest BCUT2D eigenvalue weighted by Gasteiger charge is 2.36. The predicted octanol–water partition coefficient (Wildman–Crippen LogP) is 4.41. The fourth-order valence-electron chi connectivity index (χ4n) is 2.32. The number of ether oxygens (including phenoxy) is 1. The van der Waals surface area contributed by atoms with Crippen molar-refractivity contribution in [2.75, 3.05) is 32.8 Å². The number of rotatable bonds is 11. The molecule has 0 radical (unpaired) electrons. The van der Waals surface area contributed by atoms with E-state index in [1.807, 2.05) is 11.8 Å². The molecule has 0 saturated carbocycles. The SMILES string of the molecule is CO[Si](CCCSCCc1ccc(OC(C)(C)C)cc1)(OC)OC. The maximum absolute atomic E-state index is 5.84.